The first-order valence-electron chi connectivity index (χ1n) is 7.38. The Labute approximate surface area is 122 Å². The molecule has 0 saturated heterocycles. The predicted molar refractivity (Wildman–Crippen MR) is 74.5 cm³/mol. The fraction of sp³-hybridized carbons (Fsp3) is 0.643. The van der Waals surface area contributed by atoms with Gasteiger partial charge in [0, 0.05) is 31.5 Å². The van der Waals surface area contributed by atoms with Gasteiger partial charge < -0.3 is 20.3 Å². The van der Waals surface area contributed by atoms with Crippen LogP contribution in [-0.4, -0.2) is 39.2 Å². The molecule has 2 bridgehead atoms. The number of fused-ring (bicyclic) bond motifs is 2. The van der Waals surface area contributed by atoms with Gasteiger partial charge in [-0.25, -0.2) is 9.78 Å². The molecule has 1 aromatic rings. The zero-order chi connectivity index (χ0) is 14.8. The van der Waals surface area contributed by atoms with Gasteiger partial charge >= 0.3 is 12.0 Å². The predicted octanol–water partition coefficient (Wildman–Crippen LogP) is 0.682. The highest BCUT2D eigenvalue weighted by Gasteiger charge is 2.51. The molecule has 1 heterocycles. The van der Waals surface area contributed by atoms with Gasteiger partial charge in [-0.2, -0.15) is 0 Å². The Morgan fingerprint density at radius 1 is 1.33 bits per heavy atom. The molecule has 2 fully saturated rings. The topological polar surface area (TPSA) is 96.3 Å². The van der Waals surface area contributed by atoms with Crippen LogP contribution in [0.3, 0.4) is 0 Å². The monoisotopic (exact) mass is 292 g/mol. The molecule has 1 aromatic heterocycles. The van der Waals surface area contributed by atoms with E-state index in [9.17, 15) is 14.7 Å². The van der Waals surface area contributed by atoms with Crippen LogP contribution in [0.4, 0.5) is 4.79 Å². The number of imidazole rings is 1. The highest BCUT2D eigenvalue weighted by atomic mass is 16.4. The number of hydrogen-bond acceptors (Lipinski definition) is 3. The number of carboxylic acids is 1. The van der Waals surface area contributed by atoms with Crippen molar-refractivity contribution in [2.75, 3.05) is 6.54 Å². The summed E-state index contributed by atoms with van der Waals surface area (Å²) in [6, 6.07) is -0.506. The van der Waals surface area contributed by atoms with Crippen molar-refractivity contribution in [2.45, 2.75) is 31.8 Å². The van der Waals surface area contributed by atoms with E-state index in [1.165, 1.54) is 0 Å². The van der Waals surface area contributed by atoms with E-state index >= 15 is 0 Å². The number of amides is 2. The van der Waals surface area contributed by atoms with Crippen LogP contribution in [0.15, 0.2) is 18.7 Å². The van der Waals surface area contributed by atoms with E-state index in [-0.39, 0.29) is 18.0 Å². The number of hydrogen-bond donors (Lipinski definition) is 3. The fourth-order valence-electron chi connectivity index (χ4n) is 3.77. The number of carbonyl (C=O) groups is 2. The highest BCUT2D eigenvalue weighted by molar-refractivity contribution is 5.77. The summed E-state index contributed by atoms with van der Waals surface area (Å²) in [6.07, 6.45) is 8.13. The van der Waals surface area contributed by atoms with Crippen molar-refractivity contribution in [2.24, 2.45) is 17.8 Å². The zero-order valence-corrected chi connectivity index (χ0v) is 11.7. The number of rotatable bonds is 5. The van der Waals surface area contributed by atoms with E-state index in [1.807, 2.05) is 10.8 Å². The molecule has 7 heteroatoms. The lowest BCUT2D eigenvalue weighted by Crippen LogP contribution is -2.50. The Morgan fingerprint density at radius 3 is 2.86 bits per heavy atom. The van der Waals surface area contributed by atoms with Gasteiger partial charge in [0.05, 0.1) is 12.2 Å². The second-order valence-electron chi connectivity index (χ2n) is 5.92. The van der Waals surface area contributed by atoms with E-state index in [1.54, 1.807) is 12.5 Å². The first-order valence-corrected chi connectivity index (χ1v) is 7.38. The Bertz CT molecular complexity index is 516. The van der Waals surface area contributed by atoms with Crippen molar-refractivity contribution >= 4 is 12.0 Å². The molecule has 0 aliphatic heterocycles. The standard InChI is InChI=1S/C14H20N4O3/c19-13(20)11-9-1-2-10(7-9)12(11)17-14(21)16-4-6-18-5-3-15-8-18/h3,5,8-12H,1-2,4,6-7H2,(H,19,20)(H2,16,17,21). The van der Waals surface area contributed by atoms with Crippen LogP contribution in [0, 0.1) is 17.8 Å². The lowest BCUT2D eigenvalue weighted by molar-refractivity contribution is -0.144. The number of carbonyl (C=O) groups excluding carboxylic acids is 1. The molecule has 3 rings (SSSR count). The van der Waals surface area contributed by atoms with Crippen molar-refractivity contribution < 1.29 is 14.7 Å². The summed E-state index contributed by atoms with van der Waals surface area (Å²) in [7, 11) is 0. The molecular weight excluding hydrogens is 272 g/mol. The molecular formula is C14H20N4O3. The normalized spacial score (nSPS) is 30.3. The maximum Gasteiger partial charge on any atom is 0.315 e. The van der Waals surface area contributed by atoms with Crippen LogP contribution in [0.2, 0.25) is 0 Å². The molecule has 0 radical (unpaired) electrons. The lowest BCUT2D eigenvalue weighted by Gasteiger charge is -2.28. The fourth-order valence-corrected chi connectivity index (χ4v) is 3.77. The Balaban J connectivity index is 1.49. The molecule has 3 N–H and O–H groups in total. The number of carboxylic acid groups (broad SMARTS) is 1. The van der Waals surface area contributed by atoms with E-state index < -0.39 is 11.9 Å². The van der Waals surface area contributed by atoms with Gasteiger partial charge in [-0.3, -0.25) is 4.79 Å². The lowest BCUT2D eigenvalue weighted by atomic mass is 9.84. The van der Waals surface area contributed by atoms with Gasteiger partial charge in [-0.05, 0) is 31.1 Å². The minimum Gasteiger partial charge on any atom is -0.481 e. The Morgan fingerprint density at radius 2 is 2.14 bits per heavy atom. The summed E-state index contributed by atoms with van der Waals surface area (Å²) in [6.45, 7) is 1.13. The molecule has 2 amide bonds. The Hall–Kier alpha value is -2.05. The Kier molecular flexibility index (Phi) is 3.81. The largest absolute Gasteiger partial charge is 0.481 e. The summed E-state index contributed by atoms with van der Waals surface area (Å²) in [4.78, 5) is 27.2. The molecule has 0 spiro atoms. The van der Waals surface area contributed by atoms with Crippen molar-refractivity contribution in [1.82, 2.24) is 20.2 Å². The van der Waals surface area contributed by atoms with Crippen molar-refractivity contribution in [3.05, 3.63) is 18.7 Å². The summed E-state index contributed by atoms with van der Waals surface area (Å²) in [5.74, 6) is -0.673. The molecule has 2 saturated carbocycles. The summed E-state index contributed by atoms with van der Waals surface area (Å²) in [5.41, 5.74) is 0. The van der Waals surface area contributed by atoms with Crippen LogP contribution < -0.4 is 10.6 Å². The first kappa shape index (κ1) is 13.9. The maximum atomic E-state index is 11.9. The minimum atomic E-state index is -0.786. The number of urea groups is 1. The van der Waals surface area contributed by atoms with Crippen LogP contribution >= 0.6 is 0 Å². The number of nitrogens with one attached hydrogen (secondary N) is 2. The average molecular weight is 292 g/mol. The second-order valence-corrected chi connectivity index (χ2v) is 5.92. The molecule has 7 nitrogen and oxygen atoms in total. The van der Waals surface area contributed by atoms with Crippen LogP contribution in [0.25, 0.3) is 0 Å². The van der Waals surface area contributed by atoms with Gasteiger partial charge in [-0.1, -0.05) is 0 Å². The first-order chi connectivity index (χ1) is 10.1. The summed E-state index contributed by atoms with van der Waals surface area (Å²) >= 11 is 0. The molecule has 4 atom stereocenters. The number of nitrogens with zero attached hydrogens (tertiary/aromatic N) is 2. The van der Waals surface area contributed by atoms with Gasteiger partial charge in [0.25, 0.3) is 0 Å². The number of aliphatic carboxylic acids is 1. The molecule has 0 aromatic carbocycles. The van der Waals surface area contributed by atoms with E-state index in [4.69, 9.17) is 0 Å². The van der Waals surface area contributed by atoms with Crippen molar-refractivity contribution in [1.29, 1.82) is 0 Å². The third-order valence-electron chi connectivity index (χ3n) is 4.71. The SMILES string of the molecule is O=C(NCCn1ccnc1)NC1C2CCC(C2)C1C(=O)O. The summed E-state index contributed by atoms with van der Waals surface area (Å²) < 4.78 is 1.87. The molecule has 2 aliphatic carbocycles. The van der Waals surface area contributed by atoms with Gasteiger partial charge in [-0.15, -0.1) is 0 Å². The molecule has 114 valence electrons. The zero-order valence-electron chi connectivity index (χ0n) is 11.7. The van der Waals surface area contributed by atoms with E-state index in [0.29, 0.717) is 19.0 Å². The minimum absolute atomic E-state index is 0.226. The smallest absolute Gasteiger partial charge is 0.315 e. The summed E-state index contributed by atoms with van der Waals surface area (Å²) in [5, 5.41) is 15.0. The van der Waals surface area contributed by atoms with Crippen molar-refractivity contribution in [3.8, 4) is 0 Å². The van der Waals surface area contributed by atoms with Crippen molar-refractivity contribution in [3.63, 3.8) is 0 Å². The second kappa shape index (κ2) is 5.75. The van der Waals surface area contributed by atoms with Crippen LogP contribution in [0.5, 0.6) is 0 Å². The number of aromatic nitrogens is 2. The highest BCUT2D eigenvalue weighted by Crippen LogP contribution is 2.48. The molecule has 21 heavy (non-hydrogen) atoms. The average Bonchev–Trinajstić information content (AvgIpc) is 3.14. The molecule has 2 aliphatic rings. The van der Waals surface area contributed by atoms with E-state index in [2.05, 4.69) is 15.6 Å². The quantitative estimate of drug-likeness (QED) is 0.743. The third-order valence-corrected chi connectivity index (χ3v) is 4.71. The van der Waals surface area contributed by atoms with Gasteiger partial charge in [0.1, 0.15) is 0 Å². The maximum absolute atomic E-state index is 11.9. The van der Waals surface area contributed by atoms with Gasteiger partial charge in [0.2, 0.25) is 0 Å². The van der Waals surface area contributed by atoms with Gasteiger partial charge in [0.15, 0.2) is 0 Å². The van der Waals surface area contributed by atoms with Crippen LogP contribution in [0.1, 0.15) is 19.3 Å². The third kappa shape index (κ3) is 2.86. The molecule has 4 unspecified atom stereocenters. The van der Waals surface area contributed by atoms with Crippen LogP contribution in [-0.2, 0) is 11.3 Å². The van der Waals surface area contributed by atoms with E-state index in [0.717, 1.165) is 19.3 Å².